The predicted molar refractivity (Wildman–Crippen MR) is 105 cm³/mol. The van der Waals surface area contributed by atoms with Crippen molar-refractivity contribution in [2.75, 3.05) is 7.11 Å². The quantitative estimate of drug-likeness (QED) is 0.698. The number of hydrogen-bond donors (Lipinski definition) is 1. The van der Waals surface area contributed by atoms with Crippen LogP contribution in [0.5, 0.6) is 5.75 Å². The maximum atomic E-state index is 12.5. The molecule has 2 aromatic carbocycles. The molecule has 0 spiro atoms. The van der Waals surface area contributed by atoms with E-state index in [0.29, 0.717) is 16.3 Å². The molecular formula is C21H24ClNO4. The van der Waals surface area contributed by atoms with E-state index in [1.807, 2.05) is 44.2 Å². The second-order valence-electron chi connectivity index (χ2n) is 6.52. The largest absolute Gasteiger partial charge is 0.496 e. The van der Waals surface area contributed by atoms with Crippen molar-refractivity contribution in [3.8, 4) is 5.75 Å². The minimum absolute atomic E-state index is 0.0142. The van der Waals surface area contributed by atoms with Gasteiger partial charge in [0, 0.05) is 10.6 Å². The lowest BCUT2D eigenvalue weighted by atomic mass is 10.0. The molecule has 0 radical (unpaired) electrons. The highest BCUT2D eigenvalue weighted by Gasteiger charge is 2.26. The van der Waals surface area contributed by atoms with Crippen LogP contribution in [0.1, 0.15) is 25.0 Å². The molecular weight excluding hydrogens is 366 g/mol. The van der Waals surface area contributed by atoms with E-state index in [0.717, 1.165) is 5.56 Å². The normalized spacial score (nSPS) is 11.7. The zero-order valence-corrected chi connectivity index (χ0v) is 16.5. The monoisotopic (exact) mass is 389 g/mol. The van der Waals surface area contributed by atoms with Crippen LogP contribution in [0.3, 0.4) is 0 Å². The van der Waals surface area contributed by atoms with E-state index in [1.165, 1.54) is 7.11 Å². The Hall–Kier alpha value is -2.53. The highest BCUT2D eigenvalue weighted by Crippen LogP contribution is 2.23. The summed E-state index contributed by atoms with van der Waals surface area (Å²) in [6.07, 6.45) is 0.208. The Bertz CT molecular complexity index is 777. The van der Waals surface area contributed by atoms with Crippen molar-refractivity contribution in [1.29, 1.82) is 0 Å². The van der Waals surface area contributed by atoms with Crippen molar-refractivity contribution >= 4 is 23.5 Å². The number of amides is 1. The Morgan fingerprint density at radius 1 is 1.11 bits per heavy atom. The molecule has 0 fully saturated rings. The van der Waals surface area contributed by atoms with E-state index in [2.05, 4.69) is 5.32 Å². The average Bonchev–Trinajstić information content (AvgIpc) is 2.65. The number of halogens is 1. The number of rotatable bonds is 8. The van der Waals surface area contributed by atoms with Gasteiger partial charge in [-0.05, 0) is 29.7 Å². The predicted octanol–water partition coefficient (Wildman–Crippen LogP) is 3.78. The van der Waals surface area contributed by atoms with Gasteiger partial charge in [-0.3, -0.25) is 4.79 Å². The van der Waals surface area contributed by atoms with Crippen molar-refractivity contribution in [2.45, 2.75) is 32.9 Å². The molecule has 0 aliphatic carbocycles. The number of nitrogens with one attached hydrogen (secondary N) is 1. The van der Waals surface area contributed by atoms with Gasteiger partial charge in [0.2, 0.25) is 5.91 Å². The molecule has 6 heteroatoms. The van der Waals surface area contributed by atoms with Crippen LogP contribution >= 0.6 is 11.6 Å². The molecule has 5 nitrogen and oxygen atoms in total. The zero-order valence-electron chi connectivity index (χ0n) is 15.7. The highest BCUT2D eigenvalue weighted by atomic mass is 35.5. The summed E-state index contributed by atoms with van der Waals surface area (Å²) in [6.45, 7) is 3.73. The maximum Gasteiger partial charge on any atom is 0.329 e. The maximum absolute atomic E-state index is 12.5. The van der Waals surface area contributed by atoms with Gasteiger partial charge in [0.1, 0.15) is 18.4 Å². The molecule has 2 rings (SSSR count). The molecule has 1 amide bonds. The van der Waals surface area contributed by atoms with E-state index >= 15 is 0 Å². The minimum Gasteiger partial charge on any atom is -0.496 e. The van der Waals surface area contributed by atoms with Crippen LogP contribution < -0.4 is 10.1 Å². The van der Waals surface area contributed by atoms with E-state index in [4.69, 9.17) is 21.1 Å². The fourth-order valence-corrected chi connectivity index (χ4v) is 2.80. The summed E-state index contributed by atoms with van der Waals surface area (Å²) in [5.74, 6) is -0.245. The Morgan fingerprint density at radius 2 is 1.81 bits per heavy atom. The van der Waals surface area contributed by atoms with Gasteiger partial charge >= 0.3 is 5.97 Å². The Labute approximate surface area is 164 Å². The molecule has 0 aromatic heterocycles. The van der Waals surface area contributed by atoms with Crippen LogP contribution in [0, 0.1) is 5.92 Å². The van der Waals surface area contributed by atoms with E-state index in [-0.39, 0.29) is 24.9 Å². The number of carbonyl (C=O) groups is 2. The lowest BCUT2D eigenvalue weighted by Gasteiger charge is -2.21. The third kappa shape index (κ3) is 6.29. The third-order valence-corrected chi connectivity index (χ3v) is 4.29. The Kier molecular flexibility index (Phi) is 7.67. The van der Waals surface area contributed by atoms with E-state index < -0.39 is 12.0 Å². The lowest BCUT2D eigenvalue weighted by molar-refractivity contribution is -0.150. The second-order valence-corrected chi connectivity index (χ2v) is 6.95. The van der Waals surface area contributed by atoms with Gasteiger partial charge in [-0.2, -0.15) is 0 Å². The van der Waals surface area contributed by atoms with Crippen LogP contribution in [-0.2, 0) is 27.4 Å². The van der Waals surface area contributed by atoms with Gasteiger partial charge in [0.15, 0.2) is 0 Å². The van der Waals surface area contributed by atoms with Crippen molar-refractivity contribution in [1.82, 2.24) is 5.32 Å². The smallest absolute Gasteiger partial charge is 0.329 e. The van der Waals surface area contributed by atoms with Gasteiger partial charge < -0.3 is 14.8 Å². The van der Waals surface area contributed by atoms with Gasteiger partial charge in [0.05, 0.1) is 13.5 Å². The summed E-state index contributed by atoms with van der Waals surface area (Å²) in [6, 6.07) is 13.7. The number of methoxy groups -OCH3 is 1. The number of esters is 1. The van der Waals surface area contributed by atoms with Crippen molar-refractivity contribution in [2.24, 2.45) is 5.92 Å². The molecule has 0 bridgehead atoms. The Balaban J connectivity index is 1.98. The molecule has 0 saturated carbocycles. The molecule has 0 aliphatic rings. The number of carbonyl (C=O) groups excluding carboxylic acids is 2. The van der Waals surface area contributed by atoms with Crippen molar-refractivity contribution in [3.05, 3.63) is 64.7 Å². The van der Waals surface area contributed by atoms with E-state index in [1.54, 1.807) is 18.2 Å². The first kappa shape index (κ1) is 20.8. The van der Waals surface area contributed by atoms with Crippen molar-refractivity contribution in [3.63, 3.8) is 0 Å². The lowest BCUT2D eigenvalue weighted by Crippen LogP contribution is -2.45. The first-order valence-corrected chi connectivity index (χ1v) is 9.11. The summed E-state index contributed by atoms with van der Waals surface area (Å²) in [5, 5.41) is 3.30. The second kappa shape index (κ2) is 9.97. The fraction of sp³-hybridized carbons (Fsp3) is 0.333. The van der Waals surface area contributed by atoms with Crippen LogP contribution in [-0.4, -0.2) is 25.0 Å². The molecule has 2 aromatic rings. The number of benzene rings is 2. The van der Waals surface area contributed by atoms with Crippen LogP contribution in [0.25, 0.3) is 0 Å². The molecule has 0 unspecified atom stereocenters. The van der Waals surface area contributed by atoms with Gasteiger partial charge in [-0.15, -0.1) is 0 Å². The number of hydrogen-bond acceptors (Lipinski definition) is 4. The summed E-state index contributed by atoms with van der Waals surface area (Å²) in [5.41, 5.74) is 1.55. The Morgan fingerprint density at radius 3 is 2.44 bits per heavy atom. The van der Waals surface area contributed by atoms with Gasteiger partial charge in [-0.25, -0.2) is 4.79 Å². The van der Waals surface area contributed by atoms with Gasteiger partial charge in [-0.1, -0.05) is 55.8 Å². The summed E-state index contributed by atoms with van der Waals surface area (Å²) in [4.78, 5) is 24.8. The zero-order chi connectivity index (χ0) is 19.8. The summed E-state index contributed by atoms with van der Waals surface area (Å²) < 4.78 is 10.7. The highest BCUT2D eigenvalue weighted by molar-refractivity contribution is 6.30. The first-order chi connectivity index (χ1) is 12.9. The van der Waals surface area contributed by atoms with Gasteiger partial charge in [0.25, 0.3) is 0 Å². The molecule has 1 N–H and O–H groups in total. The summed E-state index contributed by atoms with van der Waals surface area (Å²) >= 11 is 5.99. The van der Waals surface area contributed by atoms with Crippen LogP contribution in [0.15, 0.2) is 48.5 Å². The van der Waals surface area contributed by atoms with E-state index in [9.17, 15) is 9.59 Å². The fourth-order valence-electron chi connectivity index (χ4n) is 2.60. The summed E-state index contributed by atoms with van der Waals surface area (Å²) in [7, 11) is 1.54. The average molecular weight is 390 g/mol. The van der Waals surface area contributed by atoms with Crippen molar-refractivity contribution < 1.29 is 19.1 Å². The SMILES string of the molecule is COc1ccc(Cl)cc1COC(=O)[C@@H](NC(=O)Cc1ccccc1)C(C)C. The first-order valence-electron chi connectivity index (χ1n) is 8.73. The molecule has 144 valence electrons. The third-order valence-electron chi connectivity index (χ3n) is 4.06. The standard InChI is InChI=1S/C21H24ClNO4/c1-14(2)20(23-19(24)11-15-7-5-4-6-8-15)21(25)27-13-16-12-17(22)9-10-18(16)26-3/h4-10,12,14,20H,11,13H2,1-3H3,(H,23,24)/t20-/m0/s1. The molecule has 1 atom stereocenters. The molecule has 27 heavy (non-hydrogen) atoms. The van der Waals surface area contributed by atoms with Crippen LogP contribution in [0.2, 0.25) is 5.02 Å². The molecule has 0 heterocycles. The molecule has 0 aliphatic heterocycles. The minimum atomic E-state index is -0.730. The van der Waals surface area contributed by atoms with Crippen LogP contribution in [0.4, 0.5) is 0 Å². The topological polar surface area (TPSA) is 64.6 Å². The molecule has 0 saturated heterocycles. The number of ether oxygens (including phenoxy) is 2.